The van der Waals surface area contributed by atoms with Crippen LogP contribution in [-0.4, -0.2) is 39.8 Å². The average molecular weight is 376 g/mol. The number of H-pyrrole nitrogens is 1. The topological polar surface area (TPSA) is 89.0 Å². The number of esters is 1. The minimum Gasteiger partial charge on any atom is -0.466 e. The Bertz CT molecular complexity index is 796. The fourth-order valence-corrected chi connectivity index (χ4v) is 2.67. The van der Waals surface area contributed by atoms with Gasteiger partial charge in [0.05, 0.1) is 6.61 Å². The summed E-state index contributed by atoms with van der Waals surface area (Å²) in [4.78, 5) is 23.2. The van der Waals surface area contributed by atoms with Gasteiger partial charge in [-0.25, -0.2) is 0 Å². The van der Waals surface area contributed by atoms with E-state index in [-0.39, 0.29) is 18.3 Å². The maximum Gasteiger partial charge on any atom is 0.305 e. The van der Waals surface area contributed by atoms with Gasteiger partial charge in [0.2, 0.25) is 5.91 Å². The zero-order chi connectivity index (χ0) is 18.9. The molecule has 0 atom stereocenters. The van der Waals surface area contributed by atoms with Crippen LogP contribution >= 0.6 is 12.2 Å². The zero-order valence-electron chi connectivity index (χ0n) is 15.1. The number of nitrogens with one attached hydrogen (secondary N) is 2. The van der Waals surface area contributed by atoms with Crippen LogP contribution in [0.1, 0.15) is 31.7 Å². The molecule has 2 N–H and O–H groups in total. The van der Waals surface area contributed by atoms with Crippen LogP contribution in [0.25, 0.3) is 11.4 Å². The lowest BCUT2D eigenvalue weighted by molar-refractivity contribution is -0.143. The highest BCUT2D eigenvalue weighted by atomic mass is 32.1. The molecule has 140 valence electrons. The summed E-state index contributed by atoms with van der Waals surface area (Å²) in [5.74, 6) is 0.381. The first-order valence-corrected chi connectivity index (χ1v) is 9.06. The van der Waals surface area contributed by atoms with Crippen molar-refractivity contribution in [3.05, 3.63) is 34.6 Å². The van der Waals surface area contributed by atoms with Crippen molar-refractivity contribution in [1.29, 1.82) is 0 Å². The van der Waals surface area contributed by atoms with E-state index in [2.05, 4.69) is 15.5 Å². The third-order valence-corrected chi connectivity index (χ3v) is 4.13. The minimum atomic E-state index is -0.241. The summed E-state index contributed by atoms with van der Waals surface area (Å²) < 4.78 is 7.14. The molecule has 0 radical (unpaired) electrons. The molecule has 1 heterocycles. The first-order valence-electron chi connectivity index (χ1n) is 8.65. The predicted octanol–water partition coefficient (Wildman–Crippen LogP) is 2.77. The van der Waals surface area contributed by atoms with Crippen LogP contribution in [-0.2, 0) is 20.9 Å². The number of ether oxygens (including phenoxy) is 1. The Kier molecular flexibility index (Phi) is 7.53. The predicted molar refractivity (Wildman–Crippen MR) is 101 cm³/mol. The van der Waals surface area contributed by atoms with Crippen molar-refractivity contribution in [1.82, 2.24) is 20.1 Å². The van der Waals surface area contributed by atoms with Gasteiger partial charge < -0.3 is 10.1 Å². The number of aromatic amines is 1. The molecule has 0 spiro atoms. The van der Waals surface area contributed by atoms with Crippen molar-refractivity contribution >= 4 is 24.1 Å². The van der Waals surface area contributed by atoms with E-state index in [9.17, 15) is 9.59 Å². The number of carbonyl (C=O) groups is 2. The molecule has 1 aromatic carbocycles. The van der Waals surface area contributed by atoms with Crippen molar-refractivity contribution in [2.24, 2.45) is 0 Å². The van der Waals surface area contributed by atoms with Gasteiger partial charge in [-0.15, -0.1) is 0 Å². The second-order valence-electron chi connectivity index (χ2n) is 5.88. The molecule has 0 saturated heterocycles. The fraction of sp³-hybridized carbons (Fsp3) is 0.444. The zero-order valence-corrected chi connectivity index (χ0v) is 15.9. The summed E-state index contributed by atoms with van der Waals surface area (Å²) in [7, 11) is 0. The van der Waals surface area contributed by atoms with Crippen LogP contribution in [0.4, 0.5) is 0 Å². The first kappa shape index (κ1) is 19.8. The number of carbonyl (C=O) groups excluding carboxylic acids is 2. The maximum atomic E-state index is 12.0. The number of nitrogens with zero attached hydrogens (tertiary/aromatic N) is 2. The maximum absolute atomic E-state index is 12.0. The van der Waals surface area contributed by atoms with E-state index in [0.717, 1.165) is 11.1 Å². The fourth-order valence-electron chi connectivity index (χ4n) is 2.44. The van der Waals surface area contributed by atoms with E-state index in [1.807, 2.05) is 35.8 Å². The summed E-state index contributed by atoms with van der Waals surface area (Å²) in [6.07, 6.45) is 1.15. The molecule has 26 heavy (non-hydrogen) atoms. The molecule has 8 heteroatoms. The molecule has 0 unspecified atom stereocenters. The number of rotatable bonds is 9. The van der Waals surface area contributed by atoms with Gasteiger partial charge in [-0.3, -0.25) is 19.3 Å². The van der Waals surface area contributed by atoms with Crippen molar-refractivity contribution in [3.63, 3.8) is 0 Å². The van der Waals surface area contributed by atoms with Crippen molar-refractivity contribution in [2.75, 3.05) is 13.2 Å². The SMILES string of the molecule is CCOC(=O)CCCNC(=O)CCn1c(-c2ccc(C)cc2)n[nH]c1=S. The molecule has 1 amide bonds. The van der Waals surface area contributed by atoms with Crippen LogP contribution in [0.5, 0.6) is 0 Å². The first-order chi connectivity index (χ1) is 12.5. The van der Waals surface area contributed by atoms with E-state index < -0.39 is 0 Å². The van der Waals surface area contributed by atoms with Gasteiger partial charge in [0, 0.05) is 31.5 Å². The van der Waals surface area contributed by atoms with Crippen molar-refractivity contribution in [3.8, 4) is 11.4 Å². The summed E-state index contributed by atoms with van der Waals surface area (Å²) in [5, 5.41) is 9.86. The molecule has 0 fully saturated rings. The molecular formula is C18H24N4O3S. The van der Waals surface area contributed by atoms with Crippen LogP contribution < -0.4 is 5.32 Å². The number of aromatic nitrogens is 3. The molecule has 0 bridgehead atoms. The van der Waals surface area contributed by atoms with Gasteiger partial charge in [0.25, 0.3) is 0 Å². The van der Waals surface area contributed by atoms with Gasteiger partial charge in [0.1, 0.15) is 0 Å². The molecule has 2 aromatic rings. The second kappa shape index (κ2) is 9.86. The molecule has 1 aromatic heterocycles. The monoisotopic (exact) mass is 376 g/mol. The lowest BCUT2D eigenvalue weighted by atomic mass is 10.1. The van der Waals surface area contributed by atoms with Crippen LogP contribution in [0, 0.1) is 11.7 Å². The molecular weight excluding hydrogens is 352 g/mol. The highest BCUT2D eigenvalue weighted by Gasteiger charge is 2.10. The van der Waals surface area contributed by atoms with Crippen LogP contribution in [0.2, 0.25) is 0 Å². The largest absolute Gasteiger partial charge is 0.466 e. The normalized spacial score (nSPS) is 10.5. The number of benzene rings is 1. The summed E-state index contributed by atoms with van der Waals surface area (Å²) >= 11 is 5.27. The Morgan fingerprint density at radius 1 is 1.27 bits per heavy atom. The minimum absolute atomic E-state index is 0.0909. The molecule has 0 aliphatic carbocycles. The standard InChI is InChI=1S/C18H24N4O3S/c1-3-25-16(24)5-4-11-19-15(23)10-12-22-17(20-21-18(22)26)14-8-6-13(2)7-9-14/h6-9H,3-5,10-12H2,1-2H3,(H,19,23)(H,21,26). The summed E-state index contributed by atoms with van der Waals surface area (Å²) in [6, 6.07) is 7.97. The highest BCUT2D eigenvalue weighted by Crippen LogP contribution is 2.18. The van der Waals surface area contributed by atoms with Gasteiger partial charge in [-0.1, -0.05) is 29.8 Å². The van der Waals surface area contributed by atoms with Gasteiger partial charge >= 0.3 is 5.97 Å². The molecule has 0 aliphatic rings. The number of amides is 1. The van der Waals surface area contributed by atoms with Crippen LogP contribution in [0.15, 0.2) is 24.3 Å². The number of hydrogen-bond donors (Lipinski definition) is 2. The van der Waals surface area contributed by atoms with Gasteiger partial charge in [-0.05, 0) is 32.5 Å². The highest BCUT2D eigenvalue weighted by molar-refractivity contribution is 7.71. The van der Waals surface area contributed by atoms with Gasteiger partial charge in [-0.2, -0.15) is 5.10 Å². The third kappa shape index (κ3) is 5.80. The lowest BCUT2D eigenvalue weighted by Crippen LogP contribution is -2.26. The quantitative estimate of drug-likeness (QED) is 0.399. The summed E-state index contributed by atoms with van der Waals surface area (Å²) in [5.41, 5.74) is 2.11. The van der Waals surface area contributed by atoms with Crippen molar-refractivity contribution in [2.45, 2.75) is 39.7 Å². The molecule has 2 rings (SSSR count). The van der Waals surface area contributed by atoms with E-state index in [1.54, 1.807) is 6.92 Å². The Hall–Kier alpha value is -2.48. The Morgan fingerprint density at radius 3 is 2.69 bits per heavy atom. The van der Waals surface area contributed by atoms with E-state index in [1.165, 1.54) is 0 Å². The van der Waals surface area contributed by atoms with Crippen LogP contribution in [0.3, 0.4) is 0 Å². The third-order valence-electron chi connectivity index (χ3n) is 3.82. The Morgan fingerprint density at radius 2 is 2.00 bits per heavy atom. The molecule has 0 aliphatic heterocycles. The number of hydrogen-bond acceptors (Lipinski definition) is 5. The van der Waals surface area contributed by atoms with E-state index >= 15 is 0 Å². The average Bonchev–Trinajstić information content (AvgIpc) is 2.98. The van der Waals surface area contributed by atoms with Gasteiger partial charge in [0.15, 0.2) is 10.6 Å². The Labute approximate surface area is 157 Å². The number of aryl methyl sites for hydroxylation is 1. The molecule has 0 saturated carbocycles. The Balaban J connectivity index is 1.85. The lowest BCUT2D eigenvalue weighted by Gasteiger charge is -2.08. The second-order valence-corrected chi connectivity index (χ2v) is 6.27. The van der Waals surface area contributed by atoms with Crippen molar-refractivity contribution < 1.29 is 14.3 Å². The molecule has 7 nitrogen and oxygen atoms in total. The summed E-state index contributed by atoms with van der Waals surface area (Å²) in [6.45, 7) is 5.04. The van der Waals surface area contributed by atoms with E-state index in [4.69, 9.17) is 17.0 Å². The van der Waals surface area contributed by atoms with E-state index in [0.29, 0.717) is 43.1 Å². The smallest absolute Gasteiger partial charge is 0.305 e.